The van der Waals surface area contributed by atoms with Crippen molar-refractivity contribution in [3.63, 3.8) is 0 Å². The first-order chi connectivity index (χ1) is 10.3. The summed E-state index contributed by atoms with van der Waals surface area (Å²) in [4.78, 5) is 5.38. The first kappa shape index (κ1) is 13.9. The van der Waals surface area contributed by atoms with Crippen molar-refractivity contribution in [3.05, 3.63) is 58.9 Å². The number of aromatic nitrogens is 1. The van der Waals surface area contributed by atoms with E-state index in [9.17, 15) is 0 Å². The third-order valence-electron chi connectivity index (χ3n) is 3.67. The number of benzene rings is 1. The van der Waals surface area contributed by atoms with Gasteiger partial charge in [0.2, 0.25) is 0 Å². The molecule has 4 nitrogen and oxygen atoms in total. The highest BCUT2D eigenvalue weighted by Crippen LogP contribution is 2.29. The van der Waals surface area contributed by atoms with Crippen LogP contribution in [-0.2, 0) is 18.6 Å². The molecule has 0 saturated carbocycles. The molecule has 2 aromatic rings. The predicted octanol–water partition coefficient (Wildman–Crippen LogP) is 2.96. The molecule has 0 fully saturated rings. The van der Waals surface area contributed by atoms with Gasteiger partial charge in [-0.1, -0.05) is 11.2 Å². The number of nitrogens with two attached hydrogens (primary N) is 1. The number of amidine groups is 1. The summed E-state index contributed by atoms with van der Waals surface area (Å²) in [5.74, 6) is 0.881. The summed E-state index contributed by atoms with van der Waals surface area (Å²) in [5, 5.41) is 11.7. The van der Waals surface area contributed by atoms with Gasteiger partial charge in [-0.3, -0.25) is 4.98 Å². The van der Waals surface area contributed by atoms with Crippen LogP contribution in [0.25, 0.3) is 0 Å². The molecule has 1 aromatic heterocycles. The van der Waals surface area contributed by atoms with E-state index in [1.165, 1.54) is 35.3 Å². The molecule has 5 heteroatoms. The number of pyridine rings is 1. The fraction of sp³-hybridized carbons (Fsp3) is 0.250. The number of fused-ring (bicyclic) bond motifs is 1. The summed E-state index contributed by atoms with van der Waals surface area (Å²) in [6.45, 7) is 0. The molecule has 1 aliphatic rings. The van der Waals surface area contributed by atoms with E-state index in [4.69, 9.17) is 10.9 Å². The van der Waals surface area contributed by atoms with Crippen LogP contribution in [0.1, 0.15) is 28.8 Å². The SMILES string of the molecule is NC(=NO)c1cc(CSc2ccc3c(c2)CCC3)ccn1. The van der Waals surface area contributed by atoms with Gasteiger partial charge in [0.25, 0.3) is 0 Å². The lowest BCUT2D eigenvalue weighted by Gasteiger charge is -2.06. The molecule has 0 unspecified atom stereocenters. The number of thioether (sulfide) groups is 1. The molecule has 108 valence electrons. The number of hydrogen-bond donors (Lipinski definition) is 2. The highest BCUT2D eigenvalue weighted by atomic mass is 32.2. The Morgan fingerprint density at radius 1 is 1.24 bits per heavy atom. The summed E-state index contributed by atoms with van der Waals surface area (Å²) < 4.78 is 0. The van der Waals surface area contributed by atoms with E-state index in [0.717, 1.165) is 11.3 Å². The van der Waals surface area contributed by atoms with E-state index >= 15 is 0 Å². The average Bonchev–Trinajstić information content (AvgIpc) is 3.00. The predicted molar refractivity (Wildman–Crippen MR) is 84.8 cm³/mol. The van der Waals surface area contributed by atoms with Crippen molar-refractivity contribution in [2.24, 2.45) is 10.9 Å². The van der Waals surface area contributed by atoms with Crippen molar-refractivity contribution in [2.75, 3.05) is 0 Å². The van der Waals surface area contributed by atoms with E-state index in [1.54, 1.807) is 18.0 Å². The molecular formula is C16H17N3OS. The molecule has 0 saturated heterocycles. The van der Waals surface area contributed by atoms with Crippen LogP contribution >= 0.6 is 11.8 Å². The normalized spacial score (nSPS) is 14.2. The summed E-state index contributed by atoms with van der Waals surface area (Å²) >= 11 is 1.80. The lowest BCUT2D eigenvalue weighted by Crippen LogP contribution is -2.15. The van der Waals surface area contributed by atoms with Gasteiger partial charge in [0.15, 0.2) is 5.84 Å². The highest BCUT2D eigenvalue weighted by Gasteiger charge is 2.11. The molecular weight excluding hydrogens is 282 g/mol. The molecule has 0 spiro atoms. The maximum Gasteiger partial charge on any atom is 0.188 e. The minimum Gasteiger partial charge on any atom is -0.409 e. The monoisotopic (exact) mass is 299 g/mol. The van der Waals surface area contributed by atoms with Crippen LogP contribution in [0.5, 0.6) is 0 Å². The first-order valence-electron chi connectivity index (χ1n) is 6.93. The Balaban J connectivity index is 1.70. The topological polar surface area (TPSA) is 71.5 Å². The van der Waals surface area contributed by atoms with Crippen LogP contribution in [0, 0.1) is 0 Å². The molecule has 0 atom stereocenters. The summed E-state index contributed by atoms with van der Waals surface area (Å²) in [5.41, 5.74) is 10.2. The molecule has 3 N–H and O–H groups in total. The standard InChI is InChI=1S/C16H17N3OS/c17-16(19-20)15-8-11(6-7-18-15)10-21-14-5-4-12-2-1-3-13(12)9-14/h4-9,20H,1-3,10H2,(H2,17,19). The van der Waals surface area contributed by atoms with Gasteiger partial charge in [-0.15, -0.1) is 11.8 Å². The Kier molecular flexibility index (Phi) is 4.10. The maximum atomic E-state index is 8.69. The summed E-state index contributed by atoms with van der Waals surface area (Å²) in [6, 6.07) is 10.6. The Morgan fingerprint density at radius 3 is 2.95 bits per heavy atom. The Labute approximate surface area is 128 Å². The van der Waals surface area contributed by atoms with Gasteiger partial charge in [-0.05, 0) is 60.2 Å². The molecule has 1 aromatic carbocycles. The second kappa shape index (κ2) is 6.18. The smallest absolute Gasteiger partial charge is 0.188 e. The van der Waals surface area contributed by atoms with Gasteiger partial charge >= 0.3 is 0 Å². The third-order valence-corrected chi connectivity index (χ3v) is 4.73. The minimum atomic E-state index is 0.0411. The van der Waals surface area contributed by atoms with Gasteiger partial charge < -0.3 is 10.9 Å². The van der Waals surface area contributed by atoms with Crippen LogP contribution in [0.2, 0.25) is 0 Å². The van der Waals surface area contributed by atoms with Crippen molar-refractivity contribution in [1.82, 2.24) is 4.98 Å². The maximum absolute atomic E-state index is 8.69. The minimum absolute atomic E-state index is 0.0411. The summed E-state index contributed by atoms with van der Waals surface area (Å²) in [6.07, 6.45) is 5.38. The molecule has 0 bridgehead atoms. The lowest BCUT2D eigenvalue weighted by atomic mass is 10.1. The fourth-order valence-corrected chi connectivity index (χ4v) is 3.46. The molecule has 21 heavy (non-hydrogen) atoms. The van der Waals surface area contributed by atoms with Crippen LogP contribution in [0.4, 0.5) is 0 Å². The van der Waals surface area contributed by atoms with Gasteiger partial charge in [0.05, 0.1) is 0 Å². The number of aryl methyl sites for hydroxylation is 2. The van der Waals surface area contributed by atoms with E-state index in [-0.39, 0.29) is 5.84 Å². The number of oxime groups is 1. The quantitative estimate of drug-likeness (QED) is 0.299. The Hall–Kier alpha value is -2.01. The number of hydrogen-bond acceptors (Lipinski definition) is 4. The van der Waals surface area contributed by atoms with E-state index in [0.29, 0.717) is 5.69 Å². The van der Waals surface area contributed by atoms with Gasteiger partial charge in [-0.25, -0.2) is 0 Å². The van der Waals surface area contributed by atoms with Crippen molar-refractivity contribution < 1.29 is 5.21 Å². The van der Waals surface area contributed by atoms with Crippen molar-refractivity contribution in [1.29, 1.82) is 0 Å². The molecule has 1 aliphatic carbocycles. The molecule has 0 aliphatic heterocycles. The van der Waals surface area contributed by atoms with Gasteiger partial charge in [0.1, 0.15) is 5.69 Å². The van der Waals surface area contributed by atoms with Gasteiger partial charge in [-0.2, -0.15) is 0 Å². The second-order valence-electron chi connectivity index (χ2n) is 5.11. The Morgan fingerprint density at radius 2 is 2.10 bits per heavy atom. The molecule has 0 radical (unpaired) electrons. The molecule has 3 rings (SSSR count). The van der Waals surface area contributed by atoms with E-state index < -0.39 is 0 Å². The largest absolute Gasteiger partial charge is 0.409 e. The summed E-state index contributed by atoms with van der Waals surface area (Å²) in [7, 11) is 0. The number of nitrogens with zero attached hydrogens (tertiary/aromatic N) is 2. The first-order valence-corrected chi connectivity index (χ1v) is 7.92. The zero-order valence-corrected chi connectivity index (χ0v) is 12.4. The average molecular weight is 299 g/mol. The van der Waals surface area contributed by atoms with Crippen molar-refractivity contribution in [2.45, 2.75) is 29.9 Å². The van der Waals surface area contributed by atoms with Gasteiger partial charge in [0, 0.05) is 16.8 Å². The molecule has 0 amide bonds. The fourth-order valence-electron chi connectivity index (χ4n) is 2.56. The van der Waals surface area contributed by atoms with E-state index in [1.807, 2.05) is 12.1 Å². The van der Waals surface area contributed by atoms with Crippen LogP contribution < -0.4 is 5.73 Å². The Bertz CT molecular complexity index is 685. The number of rotatable bonds is 4. The van der Waals surface area contributed by atoms with E-state index in [2.05, 4.69) is 28.3 Å². The van der Waals surface area contributed by atoms with Crippen molar-refractivity contribution in [3.8, 4) is 0 Å². The third kappa shape index (κ3) is 3.19. The lowest BCUT2D eigenvalue weighted by molar-refractivity contribution is 0.318. The van der Waals surface area contributed by atoms with Crippen LogP contribution in [0.15, 0.2) is 46.6 Å². The zero-order valence-electron chi connectivity index (χ0n) is 11.6. The van der Waals surface area contributed by atoms with Crippen LogP contribution in [0.3, 0.4) is 0 Å². The zero-order chi connectivity index (χ0) is 14.7. The highest BCUT2D eigenvalue weighted by molar-refractivity contribution is 7.98. The van der Waals surface area contributed by atoms with Crippen LogP contribution in [-0.4, -0.2) is 16.0 Å². The second-order valence-corrected chi connectivity index (χ2v) is 6.16. The van der Waals surface area contributed by atoms with Crippen molar-refractivity contribution >= 4 is 17.6 Å². The molecule has 1 heterocycles.